The smallest absolute Gasteiger partial charge is 0.330 e. The Labute approximate surface area is 168 Å². The molecular weight excluding hydrogens is 379 g/mol. The Balaban J connectivity index is 2.35. The zero-order valence-electron chi connectivity index (χ0n) is 16.9. The van der Waals surface area contributed by atoms with Crippen LogP contribution in [0.5, 0.6) is 5.75 Å². The number of amides is 1. The fourth-order valence-corrected chi connectivity index (χ4v) is 2.82. The van der Waals surface area contributed by atoms with E-state index in [1.807, 2.05) is 20.8 Å². The number of nitrogens with two attached hydrogens (primary N) is 1. The van der Waals surface area contributed by atoms with Gasteiger partial charge in [0.1, 0.15) is 17.4 Å². The third-order valence-corrected chi connectivity index (χ3v) is 4.24. The summed E-state index contributed by atoms with van der Waals surface area (Å²) in [7, 11) is 0. The molecule has 0 aliphatic heterocycles. The number of rotatable bonds is 9. The minimum Gasteiger partial charge on any atom is -0.484 e. The van der Waals surface area contributed by atoms with Crippen LogP contribution in [-0.2, 0) is 11.3 Å². The lowest BCUT2D eigenvalue weighted by molar-refractivity contribution is -0.120. The molecule has 0 radical (unpaired) electrons. The molecule has 0 saturated heterocycles. The quantitative estimate of drug-likeness (QED) is 0.663. The highest BCUT2D eigenvalue weighted by Gasteiger charge is 2.24. The second-order valence-electron chi connectivity index (χ2n) is 7.14. The van der Waals surface area contributed by atoms with Crippen molar-refractivity contribution in [3.05, 3.63) is 50.9 Å². The van der Waals surface area contributed by atoms with Crippen molar-refractivity contribution < 1.29 is 13.9 Å². The Bertz CT molecular complexity index is 950. The average molecular weight is 406 g/mol. The number of nitrogen functional groups attached to an aromatic ring is 1. The molecule has 0 bridgehead atoms. The van der Waals surface area contributed by atoms with Gasteiger partial charge < -0.3 is 15.4 Å². The van der Waals surface area contributed by atoms with Crippen LogP contribution in [0.15, 0.2) is 33.9 Å². The van der Waals surface area contributed by atoms with Crippen LogP contribution in [0.4, 0.5) is 15.9 Å². The fraction of sp³-hybridized carbons (Fsp3) is 0.450. The molecule has 0 aliphatic rings. The zero-order valence-corrected chi connectivity index (χ0v) is 16.9. The molecule has 8 nitrogen and oxygen atoms in total. The van der Waals surface area contributed by atoms with E-state index in [1.54, 1.807) is 0 Å². The van der Waals surface area contributed by atoms with Crippen molar-refractivity contribution in [3.63, 3.8) is 0 Å². The summed E-state index contributed by atoms with van der Waals surface area (Å²) in [4.78, 5) is 41.0. The highest BCUT2D eigenvalue weighted by atomic mass is 19.1. The Hall–Kier alpha value is -3.10. The highest BCUT2D eigenvalue weighted by molar-refractivity contribution is 5.96. The number of benzene rings is 1. The molecule has 0 spiro atoms. The third kappa shape index (κ3) is 5.69. The summed E-state index contributed by atoms with van der Waals surface area (Å²) in [5.74, 6) is -0.537. The first kappa shape index (κ1) is 22.2. The molecule has 9 heteroatoms. The average Bonchev–Trinajstić information content (AvgIpc) is 2.66. The van der Waals surface area contributed by atoms with Gasteiger partial charge in [-0.3, -0.25) is 19.1 Å². The largest absolute Gasteiger partial charge is 0.484 e. The van der Waals surface area contributed by atoms with Crippen molar-refractivity contribution in [2.75, 3.05) is 23.8 Å². The number of carbonyl (C=O) groups excluding carboxylic acids is 1. The monoisotopic (exact) mass is 406 g/mol. The van der Waals surface area contributed by atoms with Crippen LogP contribution in [0.1, 0.15) is 33.6 Å². The maximum Gasteiger partial charge on any atom is 0.330 e. The molecule has 0 aliphatic carbocycles. The van der Waals surface area contributed by atoms with Crippen molar-refractivity contribution in [2.45, 2.75) is 40.2 Å². The molecule has 0 atom stereocenters. The van der Waals surface area contributed by atoms with Gasteiger partial charge in [-0.1, -0.05) is 27.2 Å². The molecular formula is C20H27FN4O4. The number of aromatic nitrogens is 2. The van der Waals surface area contributed by atoms with E-state index in [0.29, 0.717) is 18.7 Å². The number of anilines is 2. The molecule has 1 heterocycles. The maximum absolute atomic E-state index is 13.0. The minimum absolute atomic E-state index is 0.0568. The van der Waals surface area contributed by atoms with E-state index in [0.717, 1.165) is 6.42 Å². The van der Waals surface area contributed by atoms with Crippen LogP contribution in [0.3, 0.4) is 0 Å². The van der Waals surface area contributed by atoms with E-state index in [1.165, 1.54) is 33.7 Å². The summed E-state index contributed by atoms with van der Waals surface area (Å²) in [6.45, 7) is 5.95. The van der Waals surface area contributed by atoms with Crippen LogP contribution in [0.25, 0.3) is 0 Å². The van der Waals surface area contributed by atoms with Gasteiger partial charge >= 0.3 is 5.69 Å². The zero-order chi connectivity index (χ0) is 21.6. The number of nitrogens with zero attached hydrogens (tertiary/aromatic N) is 2. The normalized spacial score (nSPS) is 10.9. The summed E-state index contributed by atoms with van der Waals surface area (Å²) < 4.78 is 19.7. The highest BCUT2D eigenvalue weighted by Crippen LogP contribution is 2.19. The molecule has 2 rings (SSSR count). The summed E-state index contributed by atoms with van der Waals surface area (Å²) in [6.07, 6.45) is 1.41. The van der Waals surface area contributed by atoms with Gasteiger partial charge in [0.2, 0.25) is 0 Å². The van der Waals surface area contributed by atoms with Crippen molar-refractivity contribution in [1.29, 1.82) is 0 Å². The number of carbonyl (C=O) groups is 1. The van der Waals surface area contributed by atoms with E-state index >= 15 is 0 Å². The third-order valence-electron chi connectivity index (χ3n) is 4.24. The van der Waals surface area contributed by atoms with Gasteiger partial charge in [-0.05, 0) is 36.6 Å². The second kappa shape index (κ2) is 9.90. The van der Waals surface area contributed by atoms with Gasteiger partial charge in [-0.2, -0.15) is 0 Å². The Kier molecular flexibility index (Phi) is 7.58. The number of halogens is 1. The van der Waals surface area contributed by atoms with Crippen LogP contribution in [-0.4, -0.2) is 28.6 Å². The molecule has 1 amide bonds. The van der Waals surface area contributed by atoms with Gasteiger partial charge in [0.25, 0.3) is 11.5 Å². The molecule has 1 aromatic heterocycles. The number of aromatic amines is 1. The molecule has 1 aromatic carbocycles. The number of hydrogen-bond acceptors (Lipinski definition) is 5. The van der Waals surface area contributed by atoms with Gasteiger partial charge in [0, 0.05) is 13.1 Å². The lowest BCUT2D eigenvalue weighted by Crippen LogP contribution is -2.43. The van der Waals surface area contributed by atoms with Crippen LogP contribution < -0.4 is 26.6 Å². The lowest BCUT2D eigenvalue weighted by Gasteiger charge is -2.25. The Morgan fingerprint density at radius 3 is 2.52 bits per heavy atom. The molecule has 3 N–H and O–H groups in total. The number of hydrogen-bond donors (Lipinski definition) is 2. The molecule has 0 saturated carbocycles. The molecule has 0 unspecified atom stereocenters. The van der Waals surface area contributed by atoms with Crippen molar-refractivity contribution in [3.8, 4) is 5.75 Å². The first-order valence-corrected chi connectivity index (χ1v) is 9.55. The van der Waals surface area contributed by atoms with Crippen molar-refractivity contribution in [1.82, 2.24) is 9.55 Å². The number of nitrogens with one attached hydrogen (secondary N) is 1. The SMILES string of the molecule is CCCCN(C(=O)COc1ccc(F)cc1)c1c(N)n(CC(C)C)c(=O)[nH]c1=O. The van der Waals surface area contributed by atoms with Gasteiger partial charge in [0.05, 0.1) is 0 Å². The number of unbranched alkanes of at least 4 members (excludes halogenated alkanes) is 1. The Morgan fingerprint density at radius 1 is 1.28 bits per heavy atom. The number of H-pyrrole nitrogens is 1. The number of ether oxygens (including phenoxy) is 1. The van der Waals surface area contributed by atoms with E-state index in [-0.39, 0.29) is 30.6 Å². The van der Waals surface area contributed by atoms with Gasteiger partial charge in [-0.15, -0.1) is 0 Å². The van der Waals surface area contributed by atoms with Crippen molar-refractivity contribution >= 4 is 17.4 Å². The minimum atomic E-state index is -0.723. The topological polar surface area (TPSA) is 110 Å². The van der Waals surface area contributed by atoms with Crippen LogP contribution >= 0.6 is 0 Å². The fourth-order valence-electron chi connectivity index (χ4n) is 2.82. The van der Waals surface area contributed by atoms with Crippen LogP contribution in [0, 0.1) is 11.7 Å². The molecule has 158 valence electrons. The molecule has 29 heavy (non-hydrogen) atoms. The molecule has 2 aromatic rings. The summed E-state index contributed by atoms with van der Waals surface area (Å²) >= 11 is 0. The molecule has 0 fully saturated rings. The van der Waals surface area contributed by atoms with Crippen LogP contribution in [0.2, 0.25) is 0 Å². The van der Waals surface area contributed by atoms with E-state index < -0.39 is 23.0 Å². The first-order chi connectivity index (χ1) is 13.7. The van der Waals surface area contributed by atoms with E-state index in [2.05, 4.69) is 4.98 Å². The summed E-state index contributed by atoms with van der Waals surface area (Å²) in [5.41, 5.74) is 4.73. The summed E-state index contributed by atoms with van der Waals surface area (Å²) in [5, 5.41) is 0. The predicted molar refractivity (Wildman–Crippen MR) is 110 cm³/mol. The lowest BCUT2D eigenvalue weighted by atomic mass is 10.2. The maximum atomic E-state index is 13.0. The van der Waals surface area contributed by atoms with Gasteiger partial charge in [-0.25, -0.2) is 9.18 Å². The summed E-state index contributed by atoms with van der Waals surface area (Å²) in [6, 6.07) is 5.25. The van der Waals surface area contributed by atoms with E-state index in [9.17, 15) is 18.8 Å². The van der Waals surface area contributed by atoms with Crippen molar-refractivity contribution in [2.24, 2.45) is 5.92 Å². The first-order valence-electron chi connectivity index (χ1n) is 9.55. The second-order valence-corrected chi connectivity index (χ2v) is 7.14. The Morgan fingerprint density at radius 2 is 1.93 bits per heavy atom. The predicted octanol–water partition coefficient (Wildman–Crippen LogP) is 2.13. The van der Waals surface area contributed by atoms with E-state index in [4.69, 9.17) is 10.5 Å². The standard InChI is InChI=1S/C20H27FN4O4/c1-4-5-10-24(16(26)12-29-15-8-6-14(21)7-9-15)17-18(22)25(11-13(2)3)20(28)23-19(17)27/h6-9,13H,4-5,10-12,22H2,1-3H3,(H,23,27,28). The van der Waals surface area contributed by atoms with Gasteiger partial charge in [0.15, 0.2) is 12.3 Å².